The zero-order chi connectivity index (χ0) is 21.6. The third kappa shape index (κ3) is 5.03. The number of esters is 1. The molecule has 0 saturated heterocycles. The Bertz CT molecular complexity index is 1020. The predicted octanol–water partition coefficient (Wildman–Crippen LogP) is 0.515. The first kappa shape index (κ1) is 21.7. The van der Waals surface area contributed by atoms with Crippen molar-refractivity contribution in [3.8, 4) is 11.5 Å². The van der Waals surface area contributed by atoms with Crippen molar-refractivity contribution in [1.82, 2.24) is 9.55 Å². The number of hydrogen-bond donors (Lipinski definition) is 2. The molecular formula is C19H23N3O7. The highest BCUT2D eigenvalue weighted by Gasteiger charge is 2.20. The minimum absolute atomic E-state index is 0.116. The van der Waals surface area contributed by atoms with Gasteiger partial charge in [-0.15, -0.1) is 0 Å². The summed E-state index contributed by atoms with van der Waals surface area (Å²) in [5.74, 6) is -0.763. The molecule has 2 rings (SSSR count). The van der Waals surface area contributed by atoms with Gasteiger partial charge in [0.2, 0.25) is 5.78 Å². The number of anilines is 1. The average molecular weight is 405 g/mol. The normalized spacial score (nSPS) is 10.4. The van der Waals surface area contributed by atoms with E-state index in [4.69, 9.17) is 19.9 Å². The molecule has 10 nitrogen and oxygen atoms in total. The number of nitrogens with one attached hydrogen (secondary N) is 1. The molecule has 29 heavy (non-hydrogen) atoms. The van der Waals surface area contributed by atoms with E-state index in [9.17, 15) is 19.2 Å². The van der Waals surface area contributed by atoms with Crippen LogP contribution in [0.25, 0.3) is 0 Å². The fraction of sp³-hybridized carbons (Fsp3) is 0.368. The van der Waals surface area contributed by atoms with Gasteiger partial charge in [-0.1, -0.05) is 13.0 Å². The fourth-order valence-electron chi connectivity index (χ4n) is 2.73. The topological polar surface area (TPSA) is 143 Å². The van der Waals surface area contributed by atoms with Gasteiger partial charge in [0.15, 0.2) is 18.1 Å². The van der Waals surface area contributed by atoms with Crippen molar-refractivity contribution in [3.05, 3.63) is 50.2 Å². The van der Waals surface area contributed by atoms with Crippen molar-refractivity contribution in [2.45, 2.75) is 26.3 Å². The summed E-state index contributed by atoms with van der Waals surface area (Å²) in [6, 6.07) is 4.92. The SMILES string of the molecule is CCCn1c(N)c(C(=O)COC(=O)Cc2ccc(OC)c(OC)c2)c(=O)[nH]c1=O. The van der Waals surface area contributed by atoms with Crippen LogP contribution in [0.1, 0.15) is 29.3 Å². The number of nitrogens with two attached hydrogens (primary N) is 1. The van der Waals surface area contributed by atoms with Gasteiger partial charge in [0.25, 0.3) is 5.56 Å². The third-order valence-corrected chi connectivity index (χ3v) is 4.13. The Morgan fingerprint density at radius 1 is 1.14 bits per heavy atom. The highest BCUT2D eigenvalue weighted by atomic mass is 16.5. The van der Waals surface area contributed by atoms with E-state index in [0.29, 0.717) is 23.5 Å². The standard InChI is InChI=1S/C19H23N3O7/c1-4-7-22-17(20)16(18(25)21-19(22)26)12(23)10-29-15(24)9-11-5-6-13(27-2)14(8-11)28-3/h5-6,8H,4,7,9-10,20H2,1-3H3,(H,21,25,26). The maximum Gasteiger partial charge on any atom is 0.329 e. The highest BCUT2D eigenvalue weighted by Crippen LogP contribution is 2.27. The van der Waals surface area contributed by atoms with E-state index in [0.717, 1.165) is 4.57 Å². The van der Waals surface area contributed by atoms with Gasteiger partial charge in [-0.2, -0.15) is 0 Å². The van der Waals surface area contributed by atoms with Crippen LogP contribution in [0, 0.1) is 0 Å². The number of Topliss-reactive ketones (excluding diaryl/α,β-unsaturated/α-hetero) is 1. The van der Waals surface area contributed by atoms with Crippen molar-refractivity contribution in [2.75, 3.05) is 26.6 Å². The molecule has 0 atom stereocenters. The van der Waals surface area contributed by atoms with E-state index in [1.807, 2.05) is 11.9 Å². The number of aromatic nitrogens is 2. The summed E-state index contributed by atoms with van der Waals surface area (Å²) in [7, 11) is 2.97. The lowest BCUT2D eigenvalue weighted by Gasteiger charge is -2.11. The fourth-order valence-corrected chi connectivity index (χ4v) is 2.73. The van der Waals surface area contributed by atoms with Gasteiger partial charge in [-0.05, 0) is 24.1 Å². The van der Waals surface area contributed by atoms with E-state index >= 15 is 0 Å². The number of nitrogen functional groups attached to an aromatic ring is 1. The van der Waals surface area contributed by atoms with Gasteiger partial charge in [0.1, 0.15) is 11.4 Å². The van der Waals surface area contributed by atoms with Crippen LogP contribution in [0.4, 0.5) is 5.82 Å². The van der Waals surface area contributed by atoms with Crippen molar-refractivity contribution in [3.63, 3.8) is 0 Å². The molecule has 0 spiro atoms. The van der Waals surface area contributed by atoms with Crippen LogP contribution in [-0.4, -0.2) is 42.1 Å². The number of carbonyl (C=O) groups excluding carboxylic acids is 2. The monoisotopic (exact) mass is 405 g/mol. The molecule has 1 heterocycles. The minimum Gasteiger partial charge on any atom is -0.493 e. The Labute approximate surface area is 166 Å². The summed E-state index contributed by atoms with van der Waals surface area (Å²) in [6.07, 6.45) is 0.457. The maximum atomic E-state index is 12.4. The van der Waals surface area contributed by atoms with E-state index < -0.39 is 35.2 Å². The molecule has 1 aromatic carbocycles. The van der Waals surface area contributed by atoms with Gasteiger partial charge in [0.05, 0.1) is 20.6 Å². The molecule has 2 aromatic rings. The smallest absolute Gasteiger partial charge is 0.329 e. The van der Waals surface area contributed by atoms with Crippen molar-refractivity contribution >= 4 is 17.6 Å². The number of methoxy groups -OCH3 is 2. The summed E-state index contributed by atoms with van der Waals surface area (Å²) in [6.45, 7) is 1.37. The zero-order valence-electron chi connectivity index (χ0n) is 16.4. The maximum absolute atomic E-state index is 12.4. The van der Waals surface area contributed by atoms with E-state index in [-0.39, 0.29) is 18.8 Å². The second kappa shape index (κ2) is 9.58. The zero-order valence-corrected chi connectivity index (χ0v) is 16.4. The van der Waals surface area contributed by atoms with E-state index in [2.05, 4.69) is 0 Å². The largest absolute Gasteiger partial charge is 0.493 e. The number of hydrogen-bond acceptors (Lipinski definition) is 8. The molecule has 0 aliphatic heterocycles. The van der Waals surface area contributed by atoms with Gasteiger partial charge < -0.3 is 19.9 Å². The molecule has 0 radical (unpaired) electrons. The van der Waals surface area contributed by atoms with Crippen LogP contribution >= 0.6 is 0 Å². The summed E-state index contributed by atoms with van der Waals surface area (Å²) in [4.78, 5) is 50.3. The highest BCUT2D eigenvalue weighted by molar-refractivity contribution is 6.01. The van der Waals surface area contributed by atoms with Crippen LogP contribution in [0.5, 0.6) is 11.5 Å². The van der Waals surface area contributed by atoms with Crippen LogP contribution in [0.15, 0.2) is 27.8 Å². The Kier molecular flexibility index (Phi) is 7.18. The molecule has 3 N–H and O–H groups in total. The predicted molar refractivity (Wildman–Crippen MR) is 105 cm³/mol. The number of H-pyrrole nitrogens is 1. The average Bonchev–Trinajstić information content (AvgIpc) is 2.69. The number of ether oxygens (including phenoxy) is 3. The Morgan fingerprint density at radius 2 is 1.83 bits per heavy atom. The number of ketones is 1. The molecule has 0 fully saturated rings. The summed E-state index contributed by atoms with van der Waals surface area (Å²) < 4.78 is 16.4. The lowest BCUT2D eigenvalue weighted by Crippen LogP contribution is -2.37. The van der Waals surface area contributed by atoms with E-state index in [1.54, 1.807) is 18.2 Å². The quantitative estimate of drug-likeness (QED) is 0.454. The van der Waals surface area contributed by atoms with Gasteiger partial charge >= 0.3 is 11.7 Å². The van der Waals surface area contributed by atoms with Crippen LogP contribution in [0.2, 0.25) is 0 Å². The Morgan fingerprint density at radius 3 is 2.45 bits per heavy atom. The second-order valence-corrected chi connectivity index (χ2v) is 6.12. The first-order valence-electron chi connectivity index (χ1n) is 8.84. The Hall–Kier alpha value is -3.56. The van der Waals surface area contributed by atoms with Gasteiger partial charge in [0, 0.05) is 6.54 Å². The molecule has 1 aromatic heterocycles. The first-order chi connectivity index (χ1) is 13.8. The molecule has 0 aliphatic rings. The second-order valence-electron chi connectivity index (χ2n) is 6.12. The van der Waals surface area contributed by atoms with Crippen LogP contribution in [-0.2, 0) is 22.5 Å². The van der Waals surface area contributed by atoms with Crippen molar-refractivity contribution < 1.29 is 23.8 Å². The minimum atomic E-state index is -0.916. The number of carbonyl (C=O) groups is 2. The molecule has 0 unspecified atom stereocenters. The van der Waals surface area contributed by atoms with Crippen LogP contribution < -0.4 is 26.5 Å². The lowest BCUT2D eigenvalue weighted by atomic mass is 10.1. The molecule has 10 heteroatoms. The third-order valence-electron chi connectivity index (χ3n) is 4.13. The summed E-state index contributed by atoms with van der Waals surface area (Å²) >= 11 is 0. The number of rotatable bonds is 9. The summed E-state index contributed by atoms with van der Waals surface area (Å²) in [5.41, 5.74) is 4.39. The molecule has 0 amide bonds. The van der Waals surface area contributed by atoms with Gasteiger partial charge in [-0.3, -0.25) is 23.9 Å². The molecule has 156 valence electrons. The molecular weight excluding hydrogens is 382 g/mol. The number of nitrogens with zero attached hydrogens (tertiary/aromatic N) is 1. The Balaban J connectivity index is 2.10. The summed E-state index contributed by atoms with van der Waals surface area (Å²) in [5, 5.41) is 0. The van der Waals surface area contributed by atoms with Crippen molar-refractivity contribution in [1.29, 1.82) is 0 Å². The van der Waals surface area contributed by atoms with E-state index in [1.165, 1.54) is 14.2 Å². The number of benzene rings is 1. The molecule has 0 aliphatic carbocycles. The number of aromatic amines is 1. The van der Waals surface area contributed by atoms with Crippen molar-refractivity contribution in [2.24, 2.45) is 0 Å². The lowest BCUT2D eigenvalue weighted by molar-refractivity contribution is -0.141. The van der Waals surface area contributed by atoms with Crippen LogP contribution in [0.3, 0.4) is 0 Å². The first-order valence-corrected chi connectivity index (χ1v) is 8.84. The van der Waals surface area contributed by atoms with Gasteiger partial charge in [-0.25, -0.2) is 4.79 Å². The molecule has 0 bridgehead atoms. The molecule has 0 saturated carbocycles.